The van der Waals surface area contributed by atoms with Crippen molar-refractivity contribution in [3.63, 3.8) is 0 Å². The number of amides is 2. The van der Waals surface area contributed by atoms with Crippen LogP contribution in [-0.2, 0) is 16.1 Å². The van der Waals surface area contributed by atoms with E-state index >= 15 is 0 Å². The Kier molecular flexibility index (Phi) is 6.59. The number of aromatic nitrogens is 1. The minimum atomic E-state index is -0.656. The van der Waals surface area contributed by atoms with Gasteiger partial charge in [0, 0.05) is 57.6 Å². The fraction of sp³-hybridized carbons (Fsp3) is 0.560. The molecule has 2 amide bonds. The van der Waals surface area contributed by atoms with Crippen LogP contribution < -0.4 is 5.56 Å². The first-order valence-electron chi connectivity index (χ1n) is 11.7. The molecule has 178 valence electrons. The summed E-state index contributed by atoms with van der Waals surface area (Å²) >= 11 is 0. The van der Waals surface area contributed by atoms with E-state index in [0.717, 1.165) is 41.5 Å². The second kappa shape index (κ2) is 9.27. The van der Waals surface area contributed by atoms with Gasteiger partial charge in [0.15, 0.2) is 0 Å². The molecular weight excluding hydrogens is 420 g/mol. The summed E-state index contributed by atoms with van der Waals surface area (Å²) in [4.78, 5) is 43.3. The molecule has 0 unspecified atom stereocenters. The monoisotopic (exact) mass is 454 g/mol. The highest BCUT2D eigenvalue weighted by atomic mass is 16.3. The van der Waals surface area contributed by atoms with Gasteiger partial charge in [0.05, 0.1) is 17.7 Å². The first kappa shape index (κ1) is 23.4. The normalized spacial score (nSPS) is 23.8. The zero-order valence-electron chi connectivity index (χ0n) is 20.0. The molecule has 3 atom stereocenters. The molecule has 1 saturated heterocycles. The molecule has 0 spiro atoms. The van der Waals surface area contributed by atoms with Crippen LogP contribution in [0.3, 0.4) is 0 Å². The molecule has 1 aromatic heterocycles. The molecule has 33 heavy (non-hydrogen) atoms. The third kappa shape index (κ3) is 4.42. The number of para-hydroxylation sites is 1. The lowest BCUT2D eigenvalue weighted by Gasteiger charge is -2.39. The lowest BCUT2D eigenvalue weighted by molar-refractivity contribution is -0.135. The fourth-order valence-electron chi connectivity index (χ4n) is 5.50. The van der Waals surface area contributed by atoms with E-state index < -0.39 is 6.10 Å². The summed E-state index contributed by atoms with van der Waals surface area (Å²) in [6.07, 6.45) is 0.857. The topological polar surface area (TPSA) is 86.1 Å². The van der Waals surface area contributed by atoms with Gasteiger partial charge in [0.1, 0.15) is 6.54 Å². The Balaban J connectivity index is 1.48. The van der Waals surface area contributed by atoms with Crippen LogP contribution in [0.25, 0.3) is 10.9 Å². The molecular formula is C25H34N4O4. The number of aliphatic hydroxyl groups excluding tert-OH is 1. The van der Waals surface area contributed by atoms with Gasteiger partial charge in [-0.1, -0.05) is 18.2 Å². The first-order valence-corrected chi connectivity index (χ1v) is 11.7. The number of hydrogen-bond acceptors (Lipinski definition) is 5. The molecule has 2 heterocycles. The number of benzene rings is 1. The van der Waals surface area contributed by atoms with E-state index in [1.165, 1.54) is 0 Å². The second-order valence-corrected chi connectivity index (χ2v) is 9.47. The number of aryl methyl sites for hydroxylation is 2. The van der Waals surface area contributed by atoms with E-state index in [9.17, 15) is 19.5 Å². The van der Waals surface area contributed by atoms with Gasteiger partial charge in [0.25, 0.3) is 5.56 Å². The lowest BCUT2D eigenvalue weighted by Crippen LogP contribution is -2.55. The van der Waals surface area contributed by atoms with Crippen LogP contribution in [0.5, 0.6) is 0 Å². The van der Waals surface area contributed by atoms with Crippen molar-refractivity contribution in [3.05, 3.63) is 45.7 Å². The van der Waals surface area contributed by atoms with Crippen molar-refractivity contribution < 1.29 is 14.7 Å². The van der Waals surface area contributed by atoms with Crippen LogP contribution in [0, 0.1) is 13.8 Å². The van der Waals surface area contributed by atoms with E-state index in [2.05, 4.69) is 4.90 Å². The van der Waals surface area contributed by atoms with E-state index in [1.54, 1.807) is 29.5 Å². The zero-order valence-corrected chi connectivity index (χ0v) is 20.0. The molecule has 8 heteroatoms. The highest BCUT2D eigenvalue weighted by molar-refractivity contribution is 5.87. The maximum atomic E-state index is 13.2. The van der Waals surface area contributed by atoms with Crippen molar-refractivity contribution in [2.24, 2.45) is 0 Å². The number of piperazine rings is 1. The van der Waals surface area contributed by atoms with Crippen molar-refractivity contribution in [1.29, 1.82) is 0 Å². The summed E-state index contributed by atoms with van der Waals surface area (Å²) in [5, 5.41) is 12.1. The van der Waals surface area contributed by atoms with E-state index in [4.69, 9.17) is 0 Å². The largest absolute Gasteiger partial charge is 0.389 e. The molecule has 1 aliphatic carbocycles. The summed E-state index contributed by atoms with van der Waals surface area (Å²) in [6.45, 7) is 8.19. The smallest absolute Gasteiger partial charge is 0.251 e. The minimum Gasteiger partial charge on any atom is -0.389 e. The summed E-state index contributed by atoms with van der Waals surface area (Å²) in [5.74, 6) is -0.101. The molecule has 0 bridgehead atoms. The highest BCUT2D eigenvalue weighted by Crippen LogP contribution is 2.29. The fourth-order valence-corrected chi connectivity index (χ4v) is 5.50. The molecule has 2 fully saturated rings. The molecule has 1 saturated carbocycles. The number of carbonyl (C=O) groups is 2. The Labute approximate surface area is 194 Å². The summed E-state index contributed by atoms with van der Waals surface area (Å²) in [5.41, 5.74) is 2.45. The van der Waals surface area contributed by atoms with Crippen LogP contribution in [0.1, 0.15) is 30.9 Å². The molecule has 2 aliphatic rings. The lowest BCUT2D eigenvalue weighted by atomic mass is 10.1. The number of carbonyl (C=O) groups excluding carboxylic acids is 2. The predicted molar refractivity (Wildman–Crippen MR) is 127 cm³/mol. The number of aliphatic hydroxyl groups is 1. The molecule has 1 aromatic carbocycles. The van der Waals surface area contributed by atoms with Gasteiger partial charge in [-0.25, -0.2) is 0 Å². The molecule has 0 radical (unpaired) electrons. The number of pyridine rings is 1. The standard InChI is InChI=1S/C25H34N4O4/c1-16-6-5-7-19-17(2)14-22(31)29(24(16)19)15-23(32)26(4)20-8-9-21(25(20)33)28-12-10-27(11-13-28)18(3)30/h5-7,14,20-21,25,33H,8-13,15H2,1-4H3/t20-,21-,25-/m1/s1. The Morgan fingerprint density at radius 2 is 1.79 bits per heavy atom. The average molecular weight is 455 g/mol. The Hall–Kier alpha value is -2.71. The van der Waals surface area contributed by atoms with Crippen LogP contribution in [0.15, 0.2) is 29.1 Å². The van der Waals surface area contributed by atoms with Crippen LogP contribution >= 0.6 is 0 Å². The highest BCUT2D eigenvalue weighted by Gasteiger charge is 2.42. The van der Waals surface area contributed by atoms with Gasteiger partial charge in [-0.3, -0.25) is 23.9 Å². The van der Waals surface area contributed by atoms with Crippen LogP contribution in [0.2, 0.25) is 0 Å². The van der Waals surface area contributed by atoms with E-state index in [1.807, 2.05) is 36.9 Å². The average Bonchev–Trinajstić information content (AvgIpc) is 3.17. The Bertz CT molecular complexity index is 1120. The number of nitrogens with zero attached hydrogens (tertiary/aromatic N) is 4. The summed E-state index contributed by atoms with van der Waals surface area (Å²) in [6, 6.07) is 7.14. The van der Waals surface area contributed by atoms with Crippen LogP contribution in [-0.4, -0.2) is 87.6 Å². The van der Waals surface area contributed by atoms with Gasteiger partial charge in [0.2, 0.25) is 11.8 Å². The zero-order chi connectivity index (χ0) is 23.9. The SMILES string of the molecule is CC(=O)N1CCN([C@@H]2CC[C@@H](N(C)C(=O)Cn3c(=O)cc(C)c4cccc(C)c43)[C@H]2O)CC1. The Morgan fingerprint density at radius 3 is 2.45 bits per heavy atom. The molecule has 4 rings (SSSR count). The number of rotatable bonds is 4. The van der Waals surface area contributed by atoms with Crippen molar-refractivity contribution in [1.82, 2.24) is 19.3 Å². The third-order valence-corrected chi connectivity index (χ3v) is 7.50. The predicted octanol–water partition coefficient (Wildman–Crippen LogP) is 1.13. The van der Waals surface area contributed by atoms with Gasteiger partial charge in [-0.15, -0.1) is 0 Å². The minimum absolute atomic E-state index is 0.0236. The van der Waals surface area contributed by atoms with Crippen molar-refractivity contribution >= 4 is 22.7 Å². The number of hydrogen-bond donors (Lipinski definition) is 1. The summed E-state index contributed by atoms with van der Waals surface area (Å²) < 4.78 is 1.55. The maximum Gasteiger partial charge on any atom is 0.251 e. The van der Waals surface area contributed by atoms with Crippen molar-refractivity contribution in [2.45, 2.75) is 58.3 Å². The number of fused-ring (bicyclic) bond motifs is 1. The second-order valence-electron chi connectivity index (χ2n) is 9.47. The third-order valence-electron chi connectivity index (χ3n) is 7.50. The van der Waals surface area contributed by atoms with E-state index in [-0.39, 0.29) is 36.0 Å². The quantitative estimate of drug-likeness (QED) is 0.749. The number of likely N-dealkylation sites (N-methyl/N-ethyl adjacent to an activating group) is 1. The maximum absolute atomic E-state index is 13.2. The molecule has 8 nitrogen and oxygen atoms in total. The molecule has 1 aliphatic heterocycles. The summed E-state index contributed by atoms with van der Waals surface area (Å²) in [7, 11) is 1.72. The van der Waals surface area contributed by atoms with Gasteiger partial charge in [-0.05, 0) is 37.8 Å². The van der Waals surface area contributed by atoms with Crippen molar-refractivity contribution in [2.75, 3.05) is 33.2 Å². The first-order chi connectivity index (χ1) is 15.7. The van der Waals surface area contributed by atoms with Gasteiger partial charge < -0.3 is 14.9 Å². The van der Waals surface area contributed by atoms with Crippen LogP contribution in [0.4, 0.5) is 0 Å². The van der Waals surface area contributed by atoms with Gasteiger partial charge >= 0.3 is 0 Å². The molecule has 2 aromatic rings. The van der Waals surface area contributed by atoms with Crippen molar-refractivity contribution in [3.8, 4) is 0 Å². The molecule has 1 N–H and O–H groups in total. The van der Waals surface area contributed by atoms with E-state index in [0.29, 0.717) is 19.5 Å². The Morgan fingerprint density at radius 1 is 1.09 bits per heavy atom. The van der Waals surface area contributed by atoms with Gasteiger partial charge in [-0.2, -0.15) is 0 Å².